The second-order valence-corrected chi connectivity index (χ2v) is 5.12. The number of nitrogens with zero attached hydrogens (tertiary/aromatic N) is 1. The van der Waals surface area contributed by atoms with Gasteiger partial charge in [-0.2, -0.15) is 0 Å². The number of rotatable bonds is 4. The Bertz CT molecular complexity index is 645. The van der Waals surface area contributed by atoms with E-state index in [-0.39, 0.29) is 11.4 Å². The minimum Gasteiger partial charge on any atom is -0.496 e. The molecule has 5 nitrogen and oxygen atoms in total. The first-order chi connectivity index (χ1) is 9.08. The molecule has 0 bridgehead atoms. The van der Waals surface area contributed by atoms with Gasteiger partial charge in [0.25, 0.3) is 5.56 Å². The predicted octanol–water partition coefficient (Wildman–Crippen LogP) is 2.31. The van der Waals surface area contributed by atoms with Gasteiger partial charge in [-0.1, -0.05) is 23.4 Å². The number of nitrogen functional groups attached to an aromatic ring is 1. The summed E-state index contributed by atoms with van der Waals surface area (Å²) in [5.41, 5.74) is 6.17. The summed E-state index contributed by atoms with van der Waals surface area (Å²) < 4.78 is 5.25. The summed E-state index contributed by atoms with van der Waals surface area (Å²) in [5, 5.41) is 1.09. The molecule has 2 aromatic rings. The molecule has 100 valence electrons. The minimum absolute atomic E-state index is 0.198. The van der Waals surface area contributed by atoms with E-state index in [1.807, 2.05) is 6.07 Å². The molecule has 0 atom stereocenters. The summed E-state index contributed by atoms with van der Waals surface area (Å²) in [7, 11) is 1.60. The van der Waals surface area contributed by atoms with Crippen molar-refractivity contribution in [2.75, 3.05) is 12.8 Å². The standard InChI is InChI=1S/C12H12ClN3O2S/c1-18-9-3-2-8(13)4-7(9)6-19-12-15-10(14)5-11(17)16-12/h2-5H,6H2,1H3,(H3,14,15,16,17). The van der Waals surface area contributed by atoms with Crippen LogP contribution in [0.5, 0.6) is 5.75 Å². The highest BCUT2D eigenvalue weighted by Crippen LogP contribution is 2.28. The number of hydrogen-bond donors (Lipinski definition) is 2. The zero-order valence-electron chi connectivity index (χ0n) is 10.1. The fraction of sp³-hybridized carbons (Fsp3) is 0.167. The van der Waals surface area contributed by atoms with Gasteiger partial charge in [-0.3, -0.25) is 4.79 Å². The summed E-state index contributed by atoms with van der Waals surface area (Å²) in [6, 6.07) is 6.62. The summed E-state index contributed by atoms with van der Waals surface area (Å²) in [6.07, 6.45) is 0. The van der Waals surface area contributed by atoms with E-state index in [0.717, 1.165) is 11.3 Å². The maximum absolute atomic E-state index is 11.3. The highest BCUT2D eigenvalue weighted by atomic mass is 35.5. The Morgan fingerprint density at radius 1 is 1.47 bits per heavy atom. The summed E-state index contributed by atoms with van der Waals surface area (Å²) in [6.45, 7) is 0. The maximum Gasteiger partial charge on any atom is 0.253 e. The average molecular weight is 298 g/mol. The number of benzene rings is 1. The summed E-state index contributed by atoms with van der Waals surface area (Å²) >= 11 is 7.30. The third-order valence-electron chi connectivity index (χ3n) is 2.35. The Hall–Kier alpha value is -1.66. The van der Waals surface area contributed by atoms with Crippen molar-refractivity contribution in [3.8, 4) is 5.75 Å². The fourth-order valence-electron chi connectivity index (χ4n) is 1.53. The van der Waals surface area contributed by atoms with E-state index < -0.39 is 0 Å². The number of aromatic nitrogens is 2. The van der Waals surface area contributed by atoms with Gasteiger partial charge in [0.15, 0.2) is 5.16 Å². The number of anilines is 1. The molecule has 1 aromatic carbocycles. The van der Waals surface area contributed by atoms with Gasteiger partial charge in [0.1, 0.15) is 11.6 Å². The zero-order chi connectivity index (χ0) is 13.8. The molecule has 3 N–H and O–H groups in total. The molecule has 1 heterocycles. The van der Waals surface area contributed by atoms with Gasteiger partial charge < -0.3 is 15.5 Å². The smallest absolute Gasteiger partial charge is 0.253 e. The minimum atomic E-state index is -0.270. The number of nitrogens with one attached hydrogen (secondary N) is 1. The van der Waals surface area contributed by atoms with Crippen LogP contribution in [-0.4, -0.2) is 17.1 Å². The normalized spacial score (nSPS) is 10.4. The molecule has 2 rings (SSSR count). The van der Waals surface area contributed by atoms with Crippen LogP contribution in [0.15, 0.2) is 34.2 Å². The number of thioether (sulfide) groups is 1. The molecule has 0 radical (unpaired) electrons. The molecule has 0 spiro atoms. The van der Waals surface area contributed by atoms with Crippen LogP contribution in [0.1, 0.15) is 5.56 Å². The van der Waals surface area contributed by atoms with E-state index in [2.05, 4.69) is 9.97 Å². The second kappa shape index (κ2) is 5.99. The molecule has 7 heteroatoms. The van der Waals surface area contributed by atoms with Crippen molar-refractivity contribution >= 4 is 29.2 Å². The lowest BCUT2D eigenvalue weighted by molar-refractivity contribution is 0.411. The first-order valence-electron chi connectivity index (χ1n) is 5.40. The van der Waals surface area contributed by atoms with Crippen LogP contribution < -0.4 is 16.0 Å². The van der Waals surface area contributed by atoms with Crippen molar-refractivity contribution < 1.29 is 4.74 Å². The van der Waals surface area contributed by atoms with Crippen LogP contribution in [-0.2, 0) is 5.75 Å². The van der Waals surface area contributed by atoms with E-state index in [1.54, 1.807) is 19.2 Å². The van der Waals surface area contributed by atoms with Crippen molar-refractivity contribution in [1.29, 1.82) is 0 Å². The van der Waals surface area contributed by atoms with Gasteiger partial charge in [-0.05, 0) is 18.2 Å². The number of ether oxygens (including phenoxy) is 1. The van der Waals surface area contributed by atoms with Crippen molar-refractivity contribution in [3.63, 3.8) is 0 Å². The van der Waals surface area contributed by atoms with Crippen molar-refractivity contribution in [1.82, 2.24) is 9.97 Å². The van der Waals surface area contributed by atoms with Gasteiger partial charge in [0.2, 0.25) is 0 Å². The first-order valence-corrected chi connectivity index (χ1v) is 6.77. The Morgan fingerprint density at radius 3 is 2.95 bits per heavy atom. The molecular weight excluding hydrogens is 286 g/mol. The molecular formula is C12H12ClN3O2S. The molecule has 0 saturated heterocycles. The largest absolute Gasteiger partial charge is 0.496 e. The average Bonchev–Trinajstić information content (AvgIpc) is 2.35. The fourth-order valence-corrected chi connectivity index (χ4v) is 2.58. The van der Waals surface area contributed by atoms with E-state index in [4.69, 9.17) is 22.1 Å². The van der Waals surface area contributed by atoms with E-state index in [1.165, 1.54) is 17.8 Å². The summed E-state index contributed by atoms with van der Waals surface area (Å²) in [5.74, 6) is 1.50. The number of H-pyrrole nitrogens is 1. The first kappa shape index (κ1) is 13.8. The molecule has 0 aliphatic heterocycles. The van der Waals surface area contributed by atoms with Gasteiger partial charge in [0, 0.05) is 22.4 Å². The zero-order valence-corrected chi connectivity index (χ0v) is 11.7. The van der Waals surface area contributed by atoms with Crippen LogP contribution >= 0.6 is 23.4 Å². The Labute approximate surface area is 119 Å². The predicted molar refractivity (Wildman–Crippen MR) is 76.8 cm³/mol. The van der Waals surface area contributed by atoms with Crippen molar-refractivity contribution in [2.45, 2.75) is 10.9 Å². The molecule has 1 aromatic heterocycles. The van der Waals surface area contributed by atoms with Gasteiger partial charge in [0.05, 0.1) is 7.11 Å². The van der Waals surface area contributed by atoms with Gasteiger partial charge in [-0.25, -0.2) is 4.98 Å². The Kier molecular flexibility index (Phi) is 4.34. The third-order valence-corrected chi connectivity index (χ3v) is 3.50. The lowest BCUT2D eigenvalue weighted by Crippen LogP contribution is -2.09. The Balaban J connectivity index is 2.18. The molecule has 0 aliphatic rings. The summed E-state index contributed by atoms with van der Waals surface area (Å²) in [4.78, 5) is 17.9. The molecule has 0 aliphatic carbocycles. The van der Waals surface area contributed by atoms with Crippen LogP contribution in [0, 0.1) is 0 Å². The number of halogens is 1. The topological polar surface area (TPSA) is 81.0 Å². The molecule has 0 saturated carbocycles. The van der Waals surface area contributed by atoms with E-state index in [0.29, 0.717) is 15.9 Å². The Morgan fingerprint density at radius 2 is 2.26 bits per heavy atom. The van der Waals surface area contributed by atoms with Crippen molar-refractivity contribution in [3.05, 3.63) is 45.2 Å². The van der Waals surface area contributed by atoms with Crippen LogP contribution in [0.3, 0.4) is 0 Å². The number of methoxy groups -OCH3 is 1. The molecule has 0 amide bonds. The van der Waals surface area contributed by atoms with Gasteiger partial charge >= 0.3 is 0 Å². The molecule has 0 unspecified atom stereocenters. The maximum atomic E-state index is 11.3. The van der Waals surface area contributed by atoms with Crippen LogP contribution in [0.4, 0.5) is 5.82 Å². The van der Waals surface area contributed by atoms with Gasteiger partial charge in [-0.15, -0.1) is 0 Å². The van der Waals surface area contributed by atoms with E-state index in [9.17, 15) is 4.79 Å². The lowest BCUT2D eigenvalue weighted by atomic mass is 10.2. The number of aromatic amines is 1. The number of nitrogens with two attached hydrogens (primary N) is 1. The number of hydrogen-bond acceptors (Lipinski definition) is 5. The quantitative estimate of drug-likeness (QED) is 0.668. The lowest BCUT2D eigenvalue weighted by Gasteiger charge is -2.08. The monoisotopic (exact) mass is 297 g/mol. The third kappa shape index (κ3) is 3.65. The van der Waals surface area contributed by atoms with Crippen molar-refractivity contribution in [2.24, 2.45) is 0 Å². The van der Waals surface area contributed by atoms with Crippen LogP contribution in [0.25, 0.3) is 0 Å². The SMILES string of the molecule is COc1ccc(Cl)cc1CSc1nc(N)cc(=O)[nH]1. The highest BCUT2D eigenvalue weighted by Gasteiger charge is 2.06. The molecule has 0 fully saturated rings. The van der Waals surface area contributed by atoms with E-state index >= 15 is 0 Å². The van der Waals surface area contributed by atoms with Crippen LogP contribution in [0.2, 0.25) is 5.02 Å². The molecule has 19 heavy (non-hydrogen) atoms. The highest BCUT2D eigenvalue weighted by molar-refractivity contribution is 7.98. The second-order valence-electron chi connectivity index (χ2n) is 3.72.